The average molecular weight is 239 g/mol. The number of hydrogen-bond acceptors (Lipinski definition) is 2. The molecule has 0 saturated carbocycles. The van der Waals surface area contributed by atoms with E-state index in [9.17, 15) is 9.18 Å². The standard InChI is InChI=1S/C13H18FNO2/c1-10(9-16)15(2)13(17)8-5-11-3-6-12(14)7-4-11/h3-4,6-7,10,16H,5,8-9H2,1-2H3. The summed E-state index contributed by atoms with van der Waals surface area (Å²) in [5, 5.41) is 8.93. The fourth-order valence-corrected chi connectivity index (χ4v) is 1.45. The molecule has 17 heavy (non-hydrogen) atoms. The van der Waals surface area contributed by atoms with Crippen molar-refractivity contribution in [3.63, 3.8) is 0 Å². The first kappa shape index (κ1) is 13.6. The zero-order chi connectivity index (χ0) is 12.8. The Kier molecular flexibility index (Phi) is 5.10. The largest absolute Gasteiger partial charge is 0.394 e. The van der Waals surface area contributed by atoms with Gasteiger partial charge in [-0.25, -0.2) is 4.39 Å². The number of aliphatic hydroxyl groups excluding tert-OH is 1. The summed E-state index contributed by atoms with van der Waals surface area (Å²) < 4.78 is 12.7. The number of nitrogens with zero attached hydrogens (tertiary/aromatic N) is 1. The SMILES string of the molecule is CC(CO)N(C)C(=O)CCc1ccc(F)cc1. The van der Waals surface area contributed by atoms with Gasteiger partial charge in [0.2, 0.25) is 5.91 Å². The smallest absolute Gasteiger partial charge is 0.222 e. The summed E-state index contributed by atoms with van der Waals surface area (Å²) in [6.45, 7) is 1.74. The predicted molar refractivity (Wildman–Crippen MR) is 64.0 cm³/mol. The lowest BCUT2D eigenvalue weighted by Gasteiger charge is -2.23. The lowest BCUT2D eigenvalue weighted by atomic mass is 10.1. The Hall–Kier alpha value is -1.42. The van der Waals surface area contributed by atoms with Crippen LogP contribution in [0, 0.1) is 5.82 Å². The predicted octanol–water partition coefficient (Wildman–Crippen LogP) is 1.60. The van der Waals surface area contributed by atoms with Crippen LogP contribution in [0.15, 0.2) is 24.3 Å². The van der Waals surface area contributed by atoms with Crippen LogP contribution in [-0.2, 0) is 11.2 Å². The molecule has 1 N–H and O–H groups in total. The summed E-state index contributed by atoms with van der Waals surface area (Å²) in [5.74, 6) is -0.290. The number of hydrogen-bond donors (Lipinski definition) is 1. The highest BCUT2D eigenvalue weighted by molar-refractivity contribution is 5.76. The third kappa shape index (κ3) is 4.15. The lowest BCUT2D eigenvalue weighted by Crippen LogP contribution is -2.37. The molecule has 94 valence electrons. The van der Waals surface area contributed by atoms with Gasteiger partial charge in [0, 0.05) is 13.5 Å². The van der Waals surface area contributed by atoms with E-state index >= 15 is 0 Å². The van der Waals surface area contributed by atoms with Crippen molar-refractivity contribution in [2.24, 2.45) is 0 Å². The van der Waals surface area contributed by atoms with Crippen LogP contribution in [0.3, 0.4) is 0 Å². The van der Waals surface area contributed by atoms with Gasteiger partial charge in [0.25, 0.3) is 0 Å². The number of aliphatic hydroxyl groups is 1. The molecule has 1 amide bonds. The van der Waals surface area contributed by atoms with Gasteiger partial charge in [-0.15, -0.1) is 0 Å². The second kappa shape index (κ2) is 6.35. The molecule has 0 aliphatic rings. The van der Waals surface area contributed by atoms with E-state index < -0.39 is 0 Å². The maximum Gasteiger partial charge on any atom is 0.222 e. The highest BCUT2D eigenvalue weighted by atomic mass is 19.1. The molecule has 0 heterocycles. The third-order valence-electron chi connectivity index (χ3n) is 2.86. The van der Waals surface area contributed by atoms with Crippen LogP contribution in [0.25, 0.3) is 0 Å². The van der Waals surface area contributed by atoms with Crippen LogP contribution in [0.4, 0.5) is 4.39 Å². The molecule has 0 bridgehead atoms. The van der Waals surface area contributed by atoms with Gasteiger partial charge < -0.3 is 10.0 Å². The summed E-state index contributed by atoms with van der Waals surface area (Å²) in [5.41, 5.74) is 0.935. The second-order valence-electron chi connectivity index (χ2n) is 4.16. The molecule has 1 aromatic carbocycles. The van der Waals surface area contributed by atoms with E-state index in [-0.39, 0.29) is 24.4 Å². The van der Waals surface area contributed by atoms with E-state index in [2.05, 4.69) is 0 Å². The molecule has 0 aliphatic heterocycles. The van der Waals surface area contributed by atoms with Gasteiger partial charge in [0.1, 0.15) is 5.82 Å². The van der Waals surface area contributed by atoms with E-state index in [1.807, 2.05) is 0 Å². The van der Waals surface area contributed by atoms with Crippen LogP contribution in [0.1, 0.15) is 18.9 Å². The number of carbonyl (C=O) groups is 1. The van der Waals surface area contributed by atoms with Gasteiger partial charge in [-0.2, -0.15) is 0 Å². The van der Waals surface area contributed by atoms with Gasteiger partial charge in [0.05, 0.1) is 12.6 Å². The summed E-state index contributed by atoms with van der Waals surface area (Å²) in [4.78, 5) is 13.3. The molecule has 0 spiro atoms. The summed E-state index contributed by atoms with van der Waals surface area (Å²) in [6, 6.07) is 5.96. The molecule has 1 aromatic rings. The molecular weight excluding hydrogens is 221 g/mol. The van der Waals surface area contributed by atoms with Gasteiger partial charge in [-0.1, -0.05) is 12.1 Å². The number of amides is 1. The van der Waals surface area contributed by atoms with Crippen molar-refractivity contribution in [1.82, 2.24) is 4.90 Å². The Morgan fingerprint density at radius 2 is 2.00 bits per heavy atom. The molecule has 0 radical (unpaired) electrons. The molecule has 1 atom stereocenters. The lowest BCUT2D eigenvalue weighted by molar-refractivity contribution is -0.132. The van der Waals surface area contributed by atoms with Gasteiger partial charge in [-0.05, 0) is 31.0 Å². The van der Waals surface area contributed by atoms with E-state index in [1.165, 1.54) is 17.0 Å². The second-order valence-corrected chi connectivity index (χ2v) is 4.16. The Morgan fingerprint density at radius 3 is 2.53 bits per heavy atom. The monoisotopic (exact) mass is 239 g/mol. The van der Waals surface area contributed by atoms with Gasteiger partial charge in [-0.3, -0.25) is 4.79 Å². The van der Waals surface area contributed by atoms with Gasteiger partial charge >= 0.3 is 0 Å². The van der Waals surface area contributed by atoms with Crippen LogP contribution in [-0.4, -0.2) is 35.6 Å². The highest BCUT2D eigenvalue weighted by Gasteiger charge is 2.14. The number of halogens is 1. The fourth-order valence-electron chi connectivity index (χ4n) is 1.45. The van der Waals surface area contributed by atoms with Crippen molar-refractivity contribution >= 4 is 5.91 Å². The normalized spacial score (nSPS) is 12.2. The molecule has 0 saturated heterocycles. The van der Waals surface area contributed by atoms with E-state index in [1.54, 1.807) is 26.1 Å². The van der Waals surface area contributed by atoms with Gasteiger partial charge in [0.15, 0.2) is 0 Å². The average Bonchev–Trinajstić information content (AvgIpc) is 2.35. The first-order chi connectivity index (χ1) is 8.04. The Balaban J connectivity index is 2.45. The number of aryl methyl sites for hydroxylation is 1. The summed E-state index contributed by atoms with van der Waals surface area (Å²) in [7, 11) is 1.67. The molecule has 0 aromatic heterocycles. The van der Waals surface area contributed by atoms with Crippen LogP contribution >= 0.6 is 0 Å². The number of benzene rings is 1. The van der Waals surface area contributed by atoms with Crippen molar-refractivity contribution in [2.75, 3.05) is 13.7 Å². The molecule has 1 unspecified atom stereocenters. The topological polar surface area (TPSA) is 40.5 Å². The maximum atomic E-state index is 12.7. The van der Waals surface area contributed by atoms with Crippen molar-refractivity contribution < 1.29 is 14.3 Å². The summed E-state index contributed by atoms with van der Waals surface area (Å²) >= 11 is 0. The molecule has 4 heteroatoms. The number of rotatable bonds is 5. The molecule has 3 nitrogen and oxygen atoms in total. The summed E-state index contributed by atoms with van der Waals surface area (Å²) in [6.07, 6.45) is 0.952. The minimum absolute atomic E-state index is 0.0177. The number of carbonyl (C=O) groups excluding carboxylic acids is 1. The van der Waals surface area contributed by atoms with Crippen molar-refractivity contribution in [2.45, 2.75) is 25.8 Å². The van der Waals surface area contributed by atoms with Crippen LogP contribution in [0.2, 0.25) is 0 Å². The Morgan fingerprint density at radius 1 is 1.41 bits per heavy atom. The zero-order valence-corrected chi connectivity index (χ0v) is 10.2. The molecular formula is C13H18FNO2. The first-order valence-electron chi connectivity index (χ1n) is 5.65. The Bertz CT molecular complexity index is 364. The third-order valence-corrected chi connectivity index (χ3v) is 2.86. The first-order valence-corrected chi connectivity index (χ1v) is 5.65. The highest BCUT2D eigenvalue weighted by Crippen LogP contribution is 2.07. The zero-order valence-electron chi connectivity index (χ0n) is 10.2. The van der Waals surface area contributed by atoms with Crippen molar-refractivity contribution in [3.05, 3.63) is 35.6 Å². The molecule has 1 rings (SSSR count). The van der Waals surface area contributed by atoms with Crippen molar-refractivity contribution in [1.29, 1.82) is 0 Å². The van der Waals surface area contributed by atoms with E-state index in [0.717, 1.165) is 5.56 Å². The van der Waals surface area contributed by atoms with Crippen molar-refractivity contribution in [3.8, 4) is 0 Å². The number of likely N-dealkylation sites (N-methyl/N-ethyl adjacent to an activating group) is 1. The quantitative estimate of drug-likeness (QED) is 0.847. The molecule has 0 aliphatic carbocycles. The van der Waals surface area contributed by atoms with E-state index in [4.69, 9.17) is 5.11 Å². The molecule has 0 fully saturated rings. The minimum atomic E-state index is -0.272. The van der Waals surface area contributed by atoms with Crippen LogP contribution < -0.4 is 0 Å². The fraction of sp³-hybridized carbons (Fsp3) is 0.462. The maximum absolute atomic E-state index is 12.7. The Labute approximate surface area is 101 Å². The minimum Gasteiger partial charge on any atom is -0.394 e. The van der Waals surface area contributed by atoms with E-state index in [0.29, 0.717) is 12.8 Å². The van der Waals surface area contributed by atoms with Crippen LogP contribution in [0.5, 0.6) is 0 Å².